The molecular formula is C20H31N3O. The number of hydrogen-bond acceptors (Lipinski definition) is 3. The van der Waals surface area contributed by atoms with Crippen molar-refractivity contribution in [1.82, 2.24) is 15.1 Å². The van der Waals surface area contributed by atoms with Crippen molar-refractivity contribution in [2.24, 2.45) is 11.3 Å². The molecule has 0 saturated carbocycles. The Balaban J connectivity index is 1.58. The highest BCUT2D eigenvalue weighted by molar-refractivity contribution is 5.94. The summed E-state index contributed by atoms with van der Waals surface area (Å²) in [6.07, 6.45) is 2.47. The summed E-state index contributed by atoms with van der Waals surface area (Å²) in [4.78, 5) is 17.4. The van der Waals surface area contributed by atoms with Crippen LogP contribution in [-0.2, 0) is 0 Å². The van der Waals surface area contributed by atoms with Crippen LogP contribution in [0.2, 0.25) is 0 Å². The number of benzene rings is 1. The number of rotatable bonds is 6. The molecule has 1 aromatic rings. The van der Waals surface area contributed by atoms with Crippen molar-refractivity contribution in [1.29, 1.82) is 0 Å². The summed E-state index contributed by atoms with van der Waals surface area (Å²) >= 11 is 0. The monoisotopic (exact) mass is 329 g/mol. The molecule has 132 valence electrons. The minimum Gasteiger partial charge on any atom is -0.352 e. The number of carbonyl (C=O) groups excluding carboxylic acids is 1. The molecular weight excluding hydrogens is 298 g/mol. The third-order valence-electron chi connectivity index (χ3n) is 6.02. The molecule has 1 amide bonds. The quantitative estimate of drug-likeness (QED) is 0.871. The van der Waals surface area contributed by atoms with Crippen molar-refractivity contribution < 1.29 is 4.79 Å². The molecule has 1 atom stereocenters. The lowest BCUT2D eigenvalue weighted by molar-refractivity contribution is -0.0504. The fraction of sp³-hybridized carbons (Fsp3) is 0.650. The van der Waals surface area contributed by atoms with Crippen LogP contribution >= 0.6 is 0 Å². The SMILES string of the molecule is CCC(CC)N1CC2(CN(C)CC2CNC(=O)c2ccccc2)C1. The van der Waals surface area contributed by atoms with E-state index in [9.17, 15) is 4.79 Å². The van der Waals surface area contributed by atoms with Crippen molar-refractivity contribution >= 4 is 5.91 Å². The number of amides is 1. The van der Waals surface area contributed by atoms with Crippen LogP contribution in [0.15, 0.2) is 30.3 Å². The van der Waals surface area contributed by atoms with Crippen molar-refractivity contribution in [3.05, 3.63) is 35.9 Å². The summed E-state index contributed by atoms with van der Waals surface area (Å²) in [5, 5.41) is 3.17. The van der Waals surface area contributed by atoms with Crippen molar-refractivity contribution in [2.45, 2.75) is 32.7 Å². The van der Waals surface area contributed by atoms with Crippen LogP contribution in [0, 0.1) is 11.3 Å². The average molecular weight is 329 g/mol. The van der Waals surface area contributed by atoms with E-state index in [-0.39, 0.29) is 5.91 Å². The summed E-state index contributed by atoms with van der Waals surface area (Å²) in [6, 6.07) is 10.3. The Morgan fingerprint density at radius 3 is 2.50 bits per heavy atom. The topological polar surface area (TPSA) is 35.6 Å². The van der Waals surface area contributed by atoms with Gasteiger partial charge in [-0.1, -0.05) is 32.0 Å². The standard InChI is InChI=1S/C20H31N3O/c1-4-18(5-2)23-14-20(15-23)13-22(3)12-17(20)11-21-19(24)16-9-7-6-8-10-16/h6-10,17-18H,4-5,11-15H2,1-3H3,(H,21,24). The second kappa shape index (κ2) is 7.24. The van der Waals surface area contributed by atoms with Crippen LogP contribution < -0.4 is 5.32 Å². The molecule has 4 heteroatoms. The van der Waals surface area contributed by atoms with Gasteiger partial charge in [0.05, 0.1) is 0 Å². The van der Waals surface area contributed by atoms with E-state index in [0.717, 1.165) is 31.2 Å². The van der Waals surface area contributed by atoms with Gasteiger partial charge in [0.1, 0.15) is 0 Å². The maximum Gasteiger partial charge on any atom is 0.251 e. The Hall–Kier alpha value is -1.39. The first-order valence-electron chi connectivity index (χ1n) is 9.34. The number of carbonyl (C=O) groups is 1. The van der Waals surface area contributed by atoms with Crippen molar-refractivity contribution in [3.8, 4) is 0 Å². The van der Waals surface area contributed by atoms with Gasteiger partial charge < -0.3 is 10.2 Å². The van der Waals surface area contributed by atoms with Crippen molar-refractivity contribution in [2.75, 3.05) is 39.8 Å². The number of nitrogens with one attached hydrogen (secondary N) is 1. The van der Waals surface area contributed by atoms with Gasteiger partial charge in [-0.25, -0.2) is 0 Å². The lowest BCUT2D eigenvalue weighted by Crippen LogP contribution is -2.64. The molecule has 1 aromatic carbocycles. The zero-order valence-corrected chi connectivity index (χ0v) is 15.3. The first kappa shape index (κ1) is 17.4. The zero-order valence-electron chi connectivity index (χ0n) is 15.3. The fourth-order valence-corrected chi connectivity index (χ4v) is 4.67. The first-order chi connectivity index (χ1) is 11.6. The smallest absolute Gasteiger partial charge is 0.251 e. The molecule has 1 N–H and O–H groups in total. The number of nitrogens with zero attached hydrogens (tertiary/aromatic N) is 2. The molecule has 2 aliphatic rings. The number of likely N-dealkylation sites (tertiary alicyclic amines) is 2. The lowest BCUT2D eigenvalue weighted by atomic mass is 9.70. The predicted molar refractivity (Wildman–Crippen MR) is 98.1 cm³/mol. The normalized spacial score (nSPS) is 23.6. The van der Waals surface area contributed by atoms with E-state index in [1.165, 1.54) is 25.9 Å². The van der Waals surface area contributed by atoms with Crippen molar-refractivity contribution in [3.63, 3.8) is 0 Å². The summed E-state index contributed by atoms with van der Waals surface area (Å²) in [7, 11) is 2.21. The number of hydrogen-bond donors (Lipinski definition) is 1. The van der Waals surface area contributed by atoms with Crippen LogP contribution in [0.4, 0.5) is 0 Å². The van der Waals surface area contributed by atoms with Crippen LogP contribution in [0.5, 0.6) is 0 Å². The molecule has 0 aromatic heterocycles. The lowest BCUT2D eigenvalue weighted by Gasteiger charge is -2.54. The Labute approximate surface area is 146 Å². The second-order valence-corrected chi connectivity index (χ2v) is 7.71. The van der Waals surface area contributed by atoms with E-state index in [0.29, 0.717) is 11.3 Å². The highest BCUT2D eigenvalue weighted by atomic mass is 16.1. The Bertz CT molecular complexity index is 549. The molecule has 2 heterocycles. The van der Waals surface area contributed by atoms with E-state index >= 15 is 0 Å². The van der Waals surface area contributed by atoms with Crippen LogP contribution in [0.25, 0.3) is 0 Å². The van der Waals surface area contributed by atoms with E-state index < -0.39 is 0 Å². The molecule has 2 fully saturated rings. The van der Waals surface area contributed by atoms with Gasteiger partial charge >= 0.3 is 0 Å². The molecule has 0 bridgehead atoms. The molecule has 1 spiro atoms. The van der Waals surface area contributed by atoms with Gasteiger partial charge in [0.15, 0.2) is 0 Å². The van der Waals surface area contributed by atoms with E-state index in [1.807, 2.05) is 30.3 Å². The van der Waals surface area contributed by atoms with Crippen LogP contribution in [-0.4, -0.2) is 61.5 Å². The molecule has 1 unspecified atom stereocenters. The summed E-state index contributed by atoms with van der Waals surface area (Å²) in [5.74, 6) is 0.609. The van der Waals surface area contributed by atoms with Gasteiger partial charge in [-0.15, -0.1) is 0 Å². The van der Waals surface area contributed by atoms with Gasteiger partial charge in [-0.2, -0.15) is 0 Å². The maximum atomic E-state index is 12.3. The van der Waals surface area contributed by atoms with E-state index in [1.54, 1.807) is 0 Å². The molecule has 4 nitrogen and oxygen atoms in total. The molecule has 0 aliphatic carbocycles. The summed E-state index contributed by atoms with van der Waals surface area (Å²) < 4.78 is 0. The van der Waals surface area contributed by atoms with E-state index in [4.69, 9.17) is 0 Å². The predicted octanol–water partition coefficient (Wildman–Crippen LogP) is 2.47. The Kier molecular flexibility index (Phi) is 5.26. The minimum atomic E-state index is 0.0523. The summed E-state index contributed by atoms with van der Waals surface area (Å²) in [5.41, 5.74) is 1.13. The van der Waals surface area contributed by atoms with Gasteiger partial charge in [0.2, 0.25) is 0 Å². The van der Waals surface area contributed by atoms with Gasteiger partial charge in [-0.3, -0.25) is 9.69 Å². The second-order valence-electron chi connectivity index (χ2n) is 7.71. The first-order valence-corrected chi connectivity index (χ1v) is 9.34. The maximum absolute atomic E-state index is 12.3. The third-order valence-corrected chi connectivity index (χ3v) is 6.02. The molecule has 24 heavy (non-hydrogen) atoms. The molecule has 2 saturated heterocycles. The highest BCUT2D eigenvalue weighted by Crippen LogP contribution is 2.44. The van der Waals surface area contributed by atoms with Gasteiger partial charge in [0.25, 0.3) is 5.91 Å². The Morgan fingerprint density at radius 2 is 1.88 bits per heavy atom. The highest BCUT2D eigenvalue weighted by Gasteiger charge is 2.53. The van der Waals surface area contributed by atoms with E-state index in [2.05, 4.69) is 36.0 Å². The summed E-state index contributed by atoms with van der Waals surface area (Å²) in [6.45, 7) is 10.00. The van der Waals surface area contributed by atoms with Crippen LogP contribution in [0.3, 0.4) is 0 Å². The zero-order chi connectivity index (χ0) is 17.2. The van der Waals surface area contributed by atoms with Crippen LogP contribution in [0.1, 0.15) is 37.0 Å². The molecule has 2 aliphatic heterocycles. The van der Waals surface area contributed by atoms with Gasteiger partial charge in [-0.05, 0) is 37.9 Å². The third kappa shape index (κ3) is 3.35. The molecule has 3 rings (SSSR count). The Morgan fingerprint density at radius 1 is 1.21 bits per heavy atom. The minimum absolute atomic E-state index is 0.0523. The fourth-order valence-electron chi connectivity index (χ4n) is 4.67. The average Bonchev–Trinajstić information content (AvgIpc) is 2.90. The largest absolute Gasteiger partial charge is 0.352 e. The van der Waals surface area contributed by atoms with Gasteiger partial charge in [0, 0.05) is 49.7 Å². The molecule has 0 radical (unpaired) electrons.